The van der Waals surface area contributed by atoms with Crippen LogP contribution in [0.4, 0.5) is 0 Å². The average molecular weight is 449 g/mol. The van der Waals surface area contributed by atoms with E-state index in [1.807, 2.05) is 0 Å². The second-order valence-electron chi connectivity index (χ2n) is 7.48. The van der Waals surface area contributed by atoms with Gasteiger partial charge in [-0.25, -0.2) is 8.42 Å². The molecule has 2 aliphatic rings. The van der Waals surface area contributed by atoms with Gasteiger partial charge in [0, 0.05) is 18.7 Å². The molecule has 166 valence electrons. The van der Waals surface area contributed by atoms with E-state index in [0.29, 0.717) is 47.8 Å². The van der Waals surface area contributed by atoms with Crippen molar-refractivity contribution in [1.29, 1.82) is 0 Å². The van der Waals surface area contributed by atoms with Crippen LogP contribution in [0.15, 0.2) is 23.1 Å². The largest absolute Gasteiger partial charge is 0.454 e. The molecule has 0 saturated carbocycles. The lowest BCUT2D eigenvalue weighted by atomic mass is 9.99. The highest BCUT2D eigenvalue weighted by molar-refractivity contribution is 7.89. The van der Waals surface area contributed by atoms with Crippen molar-refractivity contribution in [1.82, 2.24) is 25.4 Å². The monoisotopic (exact) mass is 449 g/mol. The van der Waals surface area contributed by atoms with Gasteiger partial charge >= 0.3 is 0 Å². The lowest BCUT2D eigenvalue weighted by molar-refractivity contribution is -0.126. The third-order valence-electron chi connectivity index (χ3n) is 5.35. The highest BCUT2D eigenvalue weighted by atomic mass is 32.2. The SMILES string of the molecule is Cc1n[nH]c(C)c1S(=O)(=O)N1CCC[C@H](C(=O)NNC(=O)c2ccc3c(c2)OCO3)C1. The number of ether oxygens (including phenoxy) is 2. The van der Waals surface area contributed by atoms with Crippen molar-refractivity contribution in [3.63, 3.8) is 0 Å². The number of aromatic nitrogens is 2. The summed E-state index contributed by atoms with van der Waals surface area (Å²) in [5.41, 5.74) is 5.91. The number of rotatable bonds is 4. The smallest absolute Gasteiger partial charge is 0.269 e. The van der Waals surface area contributed by atoms with Crippen LogP contribution in [0, 0.1) is 19.8 Å². The molecular formula is C19H23N5O6S. The van der Waals surface area contributed by atoms with E-state index in [2.05, 4.69) is 21.0 Å². The van der Waals surface area contributed by atoms with Crippen LogP contribution in [0.3, 0.4) is 0 Å². The molecule has 0 spiro atoms. The molecule has 0 radical (unpaired) electrons. The number of hydrogen-bond acceptors (Lipinski definition) is 7. The first-order valence-corrected chi connectivity index (χ1v) is 11.2. The Hall–Kier alpha value is -3.12. The Kier molecular flexibility index (Phi) is 5.58. The number of piperidine rings is 1. The zero-order chi connectivity index (χ0) is 22.2. The summed E-state index contributed by atoms with van der Waals surface area (Å²) in [5.74, 6) is -0.552. The molecule has 2 amide bonds. The Morgan fingerprint density at radius 1 is 1.19 bits per heavy atom. The molecule has 0 bridgehead atoms. The van der Waals surface area contributed by atoms with Crippen molar-refractivity contribution < 1.29 is 27.5 Å². The molecule has 12 heteroatoms. The van der Waals surface area contributed by atoms with Crippen LogP contribution in [0.2, 0.25) is 0 Å². The number of H-pyrrole nitrogens is 1. The van der Waals surface area contributed by atoms with Crippen LogP contribution >= 0.6 is 0 Å². The van der Waals surface area contributed by atoms with Crippen molar-refractivity contribution in [3.05, 3.63) is 35.2 Å². The Balaban J connectivity index is 1.38. The standard InChI is InChI=1S/C19H23N5O6S/c1-11-17(12(2)21-20-11)31(27,28)24-7-3-4-14(9-24)19(26)23-22-18(25)13-5-6-15-16(8-13)30-10-29-15/h5-6,8,14H,3-4,7,9-10H2,1-2H3,(H,20,21)(H,22,25)(H,23,26)/t14-/m0/s1. The molecule has 3 heterocycles. The minimum absolute atomic E-state index is 0.0259. The van der Waals surface area contributed by atoms with Gasteiger partial charge in [-0.05, 0) is 44.9 Å². The molecule has 1 aromatic heterocycles. The number of benzene rings is 1. The van der Waals surface area contributed by atoms with Gasteiger partial charge in [0.15, 0.2) is 11.5 Å². The van der Waals surface area contributed by atoms with Crippen LogP contribution in [0.25, 0.3) is 0 Å². The summed E-state index contributed by atoms with van der Waals surface area (Å²) >= 11 is 0. The molecule has 1 aromatic carbocycles. The third kappa shape index (κ3) is 4.08. The van der Waals surface area contributed by atoms with Crippen molar-refractivity contribution in [2.75, 3.05) is 19.9 Å². The Morgan fingerprint density at radius 3 is 2.71 bits per heavy atom. The van der Waals surface area contributed by atoms with E-state index in [0.717, 1.165) is 0 Å². The molecule has 1 saturated heterocycles. The molecule has 2 aliphatic heterocycles. The lowest BCUT2D eigenvalue weighted by Gasteiger charge is -2.31. The predicted molar refractivity (Wildman–Crippen MR) is 108 cm³/mol. The Morgan fingerprint density at radius 2 is 1.97 bits per heavy atom. The van der Waals surface area contributed by atoms with Gasteiger partial charge in [0.2, 0.25) is 22.7 Å². The van der Waals surface area contributed by atoms with E-state index >= 15 is 0 Å². The molecule has 1 atom stereocenters. The predicted octanol–water partition coefficient (Wildman–Crippen LogP) is 0.617. The fourth-order valence-corrected chi connectivity index (χ4v) is 5.61. The first kappa shape index (κ1) is 21.1. The minimum Gasteiger partial charge on any atom is -0.454 e. The molecule has 31 heavy (non-hydrogen) atoms. The van der Waals surface area contributed by atoms with E-state index in [4.69, 9.17) is 9.47 Å². The number of aryl methyl sites for hydroxylation is 2. The highest BCUT2D eigenvalue weighted by Gasteiger charge is 2.35. The number of sulfonamides is 1. The summed E-state index contributed by atoms with van der Waals surface area (Å²) < 4.78 is 37.8. The summed E-state index contributed by atoms with van der Waals surface area (Å²) in [5, 5.41) is 6.64. The van der Waals surface area contributed by atoms with Gasteiger partial charge in [-0.2, -0.15) is 9.40 Å². The van der Waals surface area contributed by atoms with Crippen molar-refractivity contribution in [2.45, 2.75) is 31.6 Å². The van der Waals surface area contributed by atoms with Gasteiger partial charge in [0.25, 0.3) is 5.91 Å². The second kappa shape index (κ2) is 8.19. The molecule has 3 N–H and O–H groups in total. The fraction of sp³-hybridized carbons (Fsp3) is 0.421. The fourth-order valence-electron chi connectivity index (χ4n) is 3.75. The zero-order valence-electron chi connectivity index (χ0n) is 17.1. The zero-order valence-corrected chi connectivity index (χ0v) is 17.9. The van der Waals surface area contributed by atoms with Gasteiger partial charge in [0.1, 0.15) is 4.90 Å². The van der Waals surface area contributed by atoms with E-state index in [1.165, 1.54) is 10.4 Å². The molecule has 0 aliphatic carbocycles. The van der Waals surface area contributed by atoms with Gasteiger partial charge in [-0.15, -0.1) is 0 Å². The quantitative estimate of drug-likeness (QED) is 0.581. The van der Waals surface area contributed by atoms with Crippen LogP contribution in [-0.4, -0.2) is 54.6 Å². The molecule has 0 unspecified atom stereocenters. The number of nitrogens with zero attached hydrogens (tertiary/aromatic N) is 2. The summed E-state index contributed by atoms with van der Waals surface area (Å²) in [6.07, 6.45) is 1.05. The van der Waals surface area contributed by atoms with Crippen LogP contribution in [0.5, 0.6) is 11.5 Å². The maximum Gasteiger partial charge on any atom is 0.269 e. The van der Waals surface area contributed by atoms with E-state index in [1.54, 1.807) is 26.0 Å². The summed E-state index contributed by atoms with van der Waals surface area (Å²) in [4.78, 5) is 25.1. The number of hydrazine groups is 1. The van der Waals surface area contributed by atoms with Crippen LogP contribution in [0.1, 0.15) is 34.6 Å². The number of fused-ring (bicyclic) bond motifs is 1. The topological polar surface area (TPSA) is 143 Å². The van der Waals surface area contributed by atoms with Crippen LogP contribution < -0.4 is 20.3 Å². The maximum atomic E-state index is 13.0. The van der Waals surface area contributed by atoms with Crippen molar-refractivity contribution >= 4 is 21.8 Å². The highest BCUT2D eigenvalue weighted by Crippen LogP contribution is 2.32. The Bertz CT molecular complexity index is 1110. The van der Waals surface area contributed by atoms with Crippen LogP contribution in [-0.2, 0) is 14.8 Å². The van der Waals surface area contributed by atoms with Crippen molar-refractivity contribution in [3.8, 4) is 11.5 Å². The van der Waals surface area contributed by atoms with Gasteiger partial charge < -0.3 is 9.47 Å². The van der Waals surface area contributed by atoms with E-state index in [9.17, 15) is 18.0 Å². The summed E-state index contributed by atoms with van der Waals surface area (Å²) in [7, 11) is -3.78. The third-order valence-corrected chi connectivity index (χ3v) is 7.48. The minimum atomic E-state index is -3.78. The normalized spacial score (nSPS) is 18.6. The molecule has 1 fully saturated rings. The molecule has 2 aromatic rings. The second-order valence-corrected chi connectivity index (χ2v) is 9.35. The number of amides is 2. The lowest BCUT2D eigenvalue weighted by Crippen LogP contribution is -2.50. The number of nitrogens with one attached hydrogen (secondary N) is 3. The maximum absolute atomic E-state index is 13.0. The summed E-state index contributed by atoms with van der Waals surface area (Å²) in [6.45, 7) is 3.71. The van der Waals surface area contributed by atoms with Gasteiger partial charge in [-0.1, -0.05) is 0 Å². The van der Waals surface area contributed by atoms with Crippen molar-refractivity contribution in [2.24, 2.45) is 5.92 Å². The average Bonchev–Trinajstić information content (AvgIpc) is 3.37. The molecule has 4 rings (SSSR count). The number of carbonyl (C=O) groups is 2. The van der Waals surface area contributed by atoms with Gasteiger partial charge in [-0.3, -0.25) is 25.5 Å². The first-order valence-electron chi connectivity index (χ1n) is 9.79. The van der Waals surface area contributed by atoms with E-state index < -0.39 is 27.8 Å². The first-order chi connectivity index (χ1) is 14.8. The summed E-state index contributed by atoms with van der Waals surface area (Å²) in [6, 6.07) is 4.69. The Labute approximate surface area is 179 Å². The van der Waals surface area contributed by atoms with Gasteiger partial charge in [0.05, 0.1) is 17.3 Å². The van der Waals surface area contributed by atoms with E-state index in [-0.39, 0.29) is 18.2 Å². The molecule has 11 nitrogen and oxygen atoms in total. The number of carbonyl (C=O) groups excluding carboxylic acids is 2. The number of hydrogen-bond donors (Lipinski definition) is 3. The number of aromatic amines is 1. The molecular weight excluding hydrogens is 426 g/mol.